The maximum Gasteiger partial charge on any atom is 0.410 e. The molecule has 1 aliphatic heterocycles. The first kappa shape index (κ1) is 22.2. The molecular weight excluding hydrogens is 406 g/mol. The minimum atomic E-state index is -0.559. The first-order chi connectivity index (χ1) is 14.3. The van der Waals surface area contributed by atoms with Crippen molar-refractivity contribution in [3.63, 3.8) is 0 Å². The van der Waals surface area contributed by atoms with Gasteiger partial charge in [0.05, 0.1) is 20.3 Å². The van der Waals surface area contributed by atoms with Gasteiger partial charge in [-0.3, -0.25) is 0 Å². The Labute approximate surface area is 182 Å². The maximum atomic E-state index is 12.6. The molecule has 7 heteroatoms. The summed E-state index contributed by atoms with van der Waals surface area (Å²) >= 11 is 6.09. The fourth-order valence-corrected chi connectivity index (χ4v) is 3.39. The summed E-state index contributed by atoms with van der Waals surface area (Å²) in [6.45, 7) is 6.78. The van der Waals surface area contributed by atoms with Crippen LogP contribution in [0.15, 0.2) is 48.5 Å². The van der Waals surface area contributed by atoms with Crippen molar-refractivity contribution in [1.29, 1.82) is 0 Å². The van der Waals surface area contributed by atoms with E-state index in [1.54, 1.807) is 30.2 Å². The monoisotopic (exact) mass is 433 g/mol. The summed E-state index contributed by atoms with van der Waals surface area (Å²) in [5.74, 6) is 1.08. The Morgan fingerprint density at radius 3 is 2.57 bits per heavy atom. The normalized spacial score (nSPS) is 17.9. The first-order valence-electron chi connectivity index (χ1n) is 9.91. The lowest BCUT2D eigenvalue weighted by Crippen LogP contribution is -2.50. The molecule has 0 radical (unpaired) electrons. The van der Waals surface area contributed by atoms with Gasteiger partial charge in [-0.05, 0) is 38.5 Å². The summed E-state index contributed by atoms with van der Waals surface area (Å²) in [6, 6.07) is 15.0. The minimum Gasteiger partial charge on any atom is -0.493 e. The van der Waals surface area contributed by atoms with Crippen LogP contribution < -0.4 is 9.47 Å². The van der Waals surface area contributed by atoms with Crippen molar-refractivity contribution < 1.29 is 23.7 Å². The van der Waals surface area contributed by atoms with E-state index in [9.17, 15) is 4.79 Å². The fraction of sp³-hybridized carbons (Fsp3) is 0.435. The van der Waals surface area contributed by atoms with Crippen LogP contribution in [-0.2, 0) is 9.47 Å². The molecule has 0 aromatic heterocycles. The molecule has 0 saturated carbocycles. The summed E-state index contributed by atoms with van der Waals surface area (Å²) < 4.78 is 23.4. The SMILES string of the molecule is COc1cc(Cl)ccc1OC(c1ccccc1)[C@@H]1CN(C(=O)OC(C)(C)C)CCO1. The Morgan fingerprint density at radius 1 is 1.17 bits per heavy atom. The van der Waals surface area contributed by atoms with Crippen molar-refractivity contribution >= 4 is 17.7 Å². The van der Waals surface area contributed by atoms with Gasteiger partial charge in [-0.2, -0.15) is 0 Å². The van der Waals surface area contributed by atoms with Gasteiger partial charge < -0.3 is 23.8 Å². The van der Waals surface area contributed by atoms with Crippen molar-refractivity contribution in [1.82, 2.24) is 4.90 Å². The van der Waals surface area contributed by atoms with E-state index in [1.165, 1.54) is 0 Å². The summed E-state index contributed by atoms with van der Waals surface area (Å²) in [6.07, 6.45) is -1.19. The highest BCUT2D eigenvalue weighted by Gasteiger charge is 2.35. The number of carbonyl (C=O) groups is 1. The molecule has 162 valence electrons. The van der Waals surface area contributed by atoms with Crippen LogP contribution in [0, 0.1) is 0 Å². The standard InChI is InChI=1S/C23H28ClNO5/c1-23(2,3)30-22(26)25-12-13-28-20(15-25)21(16-8-6-5-7-9-16)29-18-11-10-17(24)14-19(18)27-4/h5-11,14,20-21H,12-13,15H2,1-4H3/t20-,21?/m0/s1. The van der Waals surface area contributed by atoms with Gasteiger partial charge in [0, 0.05) is 17.6 Å². The Bertz CT molecular complexity index is 852. The van der Waals surface area contributed by atoms with Crippen LogP contribution in [0.1, 0.15) is 32.4 Å². The lowest BCUT2D eigenvalue weighted by atomic mass is 10.0. The van der Waals surface area contributed by atoms with Crippen molar-refractivity contribution in [3.8, 4) is 11.5 Å². The summed E-state index contributed by atoms with van der Waals surface area (Å²) in [5, 5.41) is 0.556. The number of nitrogens with zero attached hydrogens (tertiary/aromatic N) is 1. The van der Waals surface area contributed by atoms with Crippen LogP contribution in [0.2, 0.25) is 5.02 Å². The zero-order chi connectivity index (χ0) is 21.7. The lowest BCUT2D eigenvalue weighted by molar-refractivity contribution is -0.0840. The molecule has 1 unspecified atom stereocenters. The van der Waals surface area contributed by atoms with Gasteiger partial charge in [-0.25, -0.2) is 4.79 Å². The number of carbonyl (C=O) groups excluding carboxylic acids is 1. The highest BCUT2D eigenvalue weighted by Crippen LogP contribution is 2.36. The second-order valence-electron chi connectivity index (χ2n) is 8.08. The van der Waals surface area contributed by atoms with E-state index in [1.807, 2.05) is 51.1 Å². The predicted octanol–water partition coefficient (Wildman–Crippen LogP) is 5.10. The van der Waals surface area contributed by atoms with E-state index < -0.39 is 11.7 Å². The smallest absolute Gasteiger partial charge is 0.410 e. The zero-order valence-electron chi connectivity index (χ0n) is 17.8. The quantitative estimate of drug-likeness (QED) is 0.656. The predicted molar refractivity (Wildman–Crippen MR) is 115 cm³/mol. The zero-order valence-corrected chi connectivity index (χ0v) is 18.5. The molecule has 1 fully saturated rings. The van der Waals surface area contributed by atoms with Gasteiger partial charge in [0.25, 0.3) is 0 Å². The molecule has 2 aromatic rings. The number of hydrogen-bond donors (Lipinski definition) is 0. The van der Waals surface area contributed by atoms with Crippen molar-refractivity contribution in [3.05, 3.63) is 59.1 Å². The van der Waals surface area contributed by atoms with Crippen LogP contribution >= 0.6 is 11.6 Å². The van der Waals surface area contributed by atoms with Crippen molar-refractivity contribution in [2.45, 2.75) is 38.6 Å². The molecule has 0 bridgehead atoms. The number of halogens is 1. The van der Waals surface area contributed by atoms with Crippen LogP contribution in [0.3, 0.4) is 0 Å². The van der Waals surface area contributed by atoms with Crippen LogP contribution in [-0.4, -0.2) is 49.5 Å². The van der Waals surface area contributed by atoms with E-state index in [0.717, 1.165) is 5.56 Å². The van der Waals surface area contributed by atoms with Gasteiger partial charge in [0.1, 0.15) is 11.7 Å². The molecule has 0 N–H and O–H groups in total. The Morgan fingerprint density at radius 2 is 1.90 bits per heavy atom. The van der Waals surface area contributed by atoms with Crippen LogP contribution in [0.25, 0.3) is 0 Å². The van der Waals surface area contributed by atoms with E-state index >= 15 is 0 Å². The number of rotatable bonds is 5. The largest absolute Gasteiger partial charge is 0.493 e. The van der Waals surface area contributed by atoms with Crippen molar-refractivity contribution in [2.24, 2.45) is 0 Å². The molecule has 3 rings (SSSR count). The summed E-state index contributed by atoms with van der Waals surface area (Å²) in [4.78, 5) is 14.3. The maximum absolute atomic E-state index is 12.6. The number of methoxy groups -OCH3 is 1. The third-order valence-electron chi connectivity index (χ3n) is 4.59. The second-order valence-corrected chi connectivity index (χ2v) is 8.52. The van der Waals surface area contributed by atoms with E-state index in [-0.39, 0.29) is 12.2 Å². The number of hydrogen-bond acceptors (Lipinski definition) is 5. The Hall–Kier alpha value is -2.44. The van der Waals surface area contributed by atoms with Crippen LogP contribution in [0.4, 0.5) is 4.79 Å². The highest BCUT2D eigenvalue weighted by molar-refractivity contribution is 6.30. The molecule has 30 heavy (non-hydrogen) atoms. The Balaban J connectivity index is 1.85. The minimum absolute atomic E-state index is 0.352. The molecule has 2 aromatic carbocycles. The van der Waals surface area contributed by atoms with E-state index in [0.29, 0.717) is 36.2 Å². The average molecular weight is 434 g/mol. The third kappa shape index (κ3) is 5.80. The average Bonchev–Trinajstić information content (AvgIpc) is 2.72. The molecule has 0 aliphatic carbocycles. The highest BCUT2D eigenvalue weighted by atomic mass is 35.5. The molecule has 1 saturated heterocycles. The molecule has 1 amide bonds. The van der Waals surface area contributed by atoms with Crippen molar-refractivity contribution in [2.75, 3.05) is 26.8 Å². The third-order valence-corrected chi connectivity index (χ3v) is 4.83. The fourth-order valence-electron chi connectivity index (χ4n) is 3.23. The van der Waals surface area contributed by atoms with Gasteiger partial charge in [-0.15, -0.1) is 0 Å². The molecule has 0 spiro atoms. The molecular formula is C23H28ClNO5. The lowest BCUT2D eigenvalue weighted by Gasteiger charge is -2.37. The molecule has 2 atom stereocenters. The summed E-state index contributed by atoms with van der Waals surface area (Å²) in [5.41, 5.74) is 0.377. The van der Waals surface area contributed by atoms with Gasteiger partial charge in [0.15, 0.2) is 17.6 Å². The molecule has 6 nitrogen and oxygen atoms in total. The number of morpholine rings is 1. The van der Waals surface area contributed by atoms with E-state index in [4.69, 9.17) is 30.5 Å². The number of ether oxygens (including phenoxy) is 4. The van der Waals surface area contributed by atoms with Crippen LogP contribution in [0.5, 0.6) is 11.5 Å². The van der Waals surface area contributed by atoms with Gasteiger partial charge in [0.2, 0.25) is 0 Å². The molecule has 1 heterocycles. The topological polar surface area (TPSA) is 57.2 Å². The first-order valence-corrected chi connectivity index (χ1v) is 10.3. The van der Waals surface area contributed by atoms with Gasteiger partial charge in [-0.1, -0.05) is 41.9 Å². The van der Waals surface area contributed by atoms with Gasteiger partial charge >= 0.3 is 6.09 Å². The molecule has 1 aliphatic rings. The number of benzene rings is 2. The van der Waals surface area contributed by atoms with E-state index in [2.05, 4.69) is 0 Å². The Kier molecular flexibility index (Phi) is 7.10. The number of amides is 1. The summed E-state index contributed by atoms with van der Waals surface area (Å²) in [7, 11) is 1.57. The second kappa shape index (κ2) is 9.58.